The van der Waals surface area contributed by atoms with Crippen LogP contribution < -0.4 is 0 Å². The van der Waals surface area contributed by atoms with Crippen molar-refractivity contribution in [2.24, 2.45) is 0 Å². The summed E-state index contributed by atoms with van der Waals surface area (Å²) in [7, 11) is 0. The molecule has 1 aromatic rings. The van der Waals surface area contributed by atoms with Crippen LogP contribution in [0, 0.1) is 0 Å². The molecule has 0 fully saturated rings. The van der Waals surface area contributed by atoms with Crippen LogP contribution in [0.5, 0.6) is 0 Å². The Labute approximate surface area is 96.9 Å². The maximum absolute atomic E-state index is 11.7. The number of carbonyl (C=O) groups excluding carboxylic acids is 1. The molecule has 0 heterocycles. The molecule has 0 amide bonds. The normalized spacial score (nSPS) is 9.69. The van der Waals surface area contributed by atoms with Gasteiger partial charge in [-0.25, -0.2) is 4.79 Å². The molecule has 0 aliphatic rings. The van der Waals surface area contributed by atoms with Gasteiger partial charge in [-0.1, -0.05) is 35.9 Å². The molecule has 16 heavy (non-hydrogen) atoms. The highest BCUT2D eigenvalue weighted by molar-refractivity contribution is 5.89. The third kappa shape index (κ3) is 3.54. The topological polar surface area (TPSA) is 26.3 Å². The summed E-state index contributed by atoms with van der Waals surface area (Å²) < 4.78 is 5.04. The Morgan fingerprint density at radius 1 is 1.19 bits per heavy atom. The van der Waals surface area contributed by atoms with Crippen molar-refractivity contribution in [1.29, 1.82) is 0 Å². The molecule has 0 spiro atoms. The number of carbonyl (C=O) groups is 1. The zero-order valence-electron chi connectivity index (χ0n) is 10.1. The summed E-state index contributed by atoms with van der Waals surface area (Å²) in [6, 6.07) is 9.95. The molecule has 1 rings (SSSR count). The highest BCUT2D eigenvalue weighted by Crippen LogP contribution is 2.13. The molecular formula is C14H18O2. The lowest BCUT2D eigenvalue weighted by molar-refractivity contribution is -0.138. The third-order valence-electron chi connectivity index (χ3n) is 2.35. The molecule has 0 saturated carbocycles. The van der Waals surface area contributed by atoms with Crippen molar-refractivity contribution in [3.63, 3.8) is 0 Å². The molecule has 0 N–H and O–H groups in total. The summed E-state index contributed by atoms with van der Waals surface area (Å²) >= 11 is 0. The smallest absolute Gasteiger partial charge is 0.334 e. The van der Waals surface area contributed by atoms with Crippen LogP contribution in [0.4, 0.5) is 0 Å². The Kier molecular flexibility index (Phi) is 4.77. The van der Waals surface area contributed by atoms with Crippen LogP contribution >= 0.6 is 0 Å². The molecule has 2 nitrogen and oxygen atoms in total. The van der Waals surface area contributed by atoms with Crippen LogP contribution in [-0.4, -0.2) is 12.6 Å². The van der Waals surface area contributed by atoms with Gasteiger partial charge in [0.15, 0.2) is 0 Å². The van der Waals surface area contributed by atoms with E-state index in [0.29, 0.717) is 13.0 Å². The van der Waals surface area contributed by atoms with Gasteiger partial charge in [-0.05, 0) is 26.3 Å². The van der Waals surface area contributed by atoms with Gasteiger partial charge in [0.1, 0.15) is 0 Å². The Morgan fingerprint density at radius 3 is 2.31 bits per heavy atom. The average Bonchev–Trinajstić information content (AvgIpc) is 2.27. The van der Waals surface area contributed by atoms with E-state index >= 15 is 0 Å². The number of allylic oxidation sites excluding steroid dienone is 1. The van der Waals surface area contributed by atoms with Crippen molar-refractivity contribution in [3.05, 3.63) is 47.0 Å². The van der Waals surface area contributed by atoms with Crippen molar-refractivity contribution in [3.8, 4) is 0 Å². The number of esters is 1. The van der Waals surface area contributed by atoms with Crippen LogP contribution in [-0.2, 0) is 16.0 Å². The Balaban J connectivity index is 2.83. The van der Waals surface area contributed by atoms with Crippen molar-refractivity contribution < 1.29 is 9.53 Å². The first-order valence-corrected chi connectivity index (χ1v) is 5.52. The van der Waals surface area contributed by atoms with Gasteiger partial charge in [0.05, 0.1) is 6.61 Å². The predicted molar refractivity (Wildman–Crippen MR) is 65.2 cm³/mol. The quantitative estimate of drug-likeness (QED) is 0.573. The molecule has 0 atom stereocenters. The van der Waals surface area contributed by atoms with Crippen LogP contribution in [0.2, 0.25) is 0 Å². The van der Waals surface area contributed by atoms with Gasteiger partial charge in [-0.3, -0.25) is 0 Å². The van der Waals surface area contributed by atoms with Gasteiger partial charge in [0, 0.05) is 12.0 Å². The van der Waals surface area contributed by atoms with Crippen molar-refractivity contribution >= 4 is 5.97 Å². The third-order valence-corrected chi connectivity index (χ3v) is 2.35. The molecule has 86 valence electrons. The van der Waals surface area contributed by atoms with E-state index in [1.54, 1.807) is 0 Å². The van der Waals surface area contributed by atoms with E-state index in [4.69, 9.17) is 4.74 Å². The van der Waals surface area contributed by atoms with Gasteiger partial charge >= 0.3 is 5.97 Å². The van der Waals surface area contributed by atoms with Gasteiger partial charge in [0.25, 0.3) is 0 Å². The molecule has 1 aromatic carbocycles. The number of ether oxygens (including phenoxy) is 1. The molecule has 0 unspecified atom stereocenters. The lowest BCUT2D eigenvalue weighted by atomic mass is 10.0. The molecule has 0 bridgehead atoms. The minimum atomic E-state index is -0.202. The fraction of sp³-hybridized carbons (Fsp3) is 0.357. The molecule has 0 aliphatic carbocycles. The van der Waals surface area contributed by atoms with Gasteiger partial charge in [-0.2, -0.15) is 0 Å². The highest BCUT2D eigenvalue weighted by atomic mass is 16.5. The fourth-order valence-corrected chi connectivity index (χ4v) is 1.47. The SMILES string of the molecule is CCOC(=O)C(Cc1ccccc1)=C(C)C. The maximum Gasteiger partial charge on any atom is 0.334 e. The summed E-state index contributed by atoms with van der Waals surface area (Å²) in [6.07, 6.45) is 0.641. The first-order valence-electron chi connectivity index (χ1n) is 5.52. The molecule has 2 heteroatoms. The van der Waals surface area contributed by atoms with Crippen LogP contribution in [0.3, 0.4) is 0 Å². The van der Waals surface area contributed by atoms with Gasteiger partial charge in [-0.15, -0.1) is 0 Å². The first-order chi connectivity index (χ1) is 7.65. The fourth-order valence-electron chi connectivity index (χ4n) is 1.47. The second kappa shape index (κ2) is 6.11. The highest BCUT2D eigenvalue weighted by Gasteiger charge is 2.12. The minimum Gasteiger partial charge on any atom is -0.463 e. The van der Waals surface area contributed by atoms with E-state index in [1.165, 1.54) is 0 Å². The summed E-state index contributed by atoms with van der Waals surface area (Å²) in [5, 5.41) is 0. The van der Waals surface area contributed by atoms with Crippen LogP contribution in [0.25, 0.3) is 0 Å². The second-order valence-electron chi connectivity index (χ2n) is 3.86. The molecular weight excluding hydrogens is 200 g/mol. The largest absolute Gasteiger partial charge is 0.463 e. The van der Waals surface area contributed by atoms with Crippen molar-refractivity contribution in [2.45, 2.75) is 27.2 Å². The van der Waals surface area contributed by atoms with E-state index in [9.17, 15) is 4.79 Å². The van der Waals surface area contributed by atoms with Crippen LogP contribution in [0.15, 0.2) is 41.5 Å². The van der Waals surface area contributed by atoms with E-state index in [1.807, 2.05) is 51.1 Å². The maximum atomic E-state index is 11.7. The summed E-state index contributed by atoms with van der Waals surface area (Å²) in [5.41, 5.74) is 2.90. The molecule has 0 radical (unpaired) electrons. The molecule has 0 aromatic heterocycles. The van der Waals surface area contributed by atoms with Crippen molar-refractivity contribution in [1.82, 2.24) is 0 Å². The monoisotopic (exact) mass is 218 g/mol. The zero-order valence-corrected chi connectivity index (χ0v) is 10.1. The number of benzene rings is 1. The van der Waals surface area contributed by atoms with E-state index in [-0.39, 0.29) is 5.97 Å². The second-order valence-corrected chi connectivity index (χ2v) is 3.86. The standard InChI is InChI=1S/C14H18O2/c1-4-16-14(15)13(11(2)3)10-12-8-6-5-7-9-12/h5-9H,4,10H2,1-3H3. The first kappa shape index (κ1) is 12.5. The summed E-state index contributed by atoms with van der Waals surface area (Å²) in [6.45, 7) is 6.12. The van der Waals surface area contributed by atoms with E-state index in [0.717, 1.165) is 16.7 Å². The minimum absolute atomic E-state index is 0.202. The number of rotatable bonds is 4. The Bertz CT molecular complexity index is 373. The number of hydrogen-bond donors (Lipinski definition) is 0. The summed E-state index contributed by atoms with van der Waals surface area (Å²) in [5.74, 6) is -0.202. The van der Waals surface area contributed by atoms with Crippen molar-refractivity contribution in [2.75, 3.05) is 6.61 Å². The van der Waals surface area contributed by atoms with Gasteiger partial charge < -0.3 is 4.74 Å². The zero-order chi connectivity index (χ0) is 12.0. The summed E-state index contributed by atoms with van der Waals surface area (Å²) in [4.78, 5) is 11.7. The predicted octanol–water partition coefficient (Wildman–Crippen LogP) is 3.13. The Morgan fingerprint density at radius 2 is 1.81 bits per heavy atom. The Hall–Kier alpha value is -1.57. The van der Waals surface area contributed by atoms with E-state index in [2.05, 4.69) is 0 Å². The van der Waals surface area contributed by atoms with Gasteiger partial charge in [0.2, 0.25) is 0 Å². The lowest BCUT2D eigenvalue weighted by Crippen LogP contribution is -2.11. The van der Waals surface area contributed by atoms with E-state index < -0.39 is 0 Å². The number of hydrogen-bond acceptors (Lipinski definition) is 2. The van der Waals surface area contributed by atoms with Crippen LogP contribution in [0.1, 0.15) is 26.3 Å². The molecule has 0 saturated heterocycles. The lowest BCUT2D eigenvalue weighted by Gasteiger charge is -2.09. The molecule has 0 aliphatic heterocycles. The average molecular weight is 218 g/mol.